The lowest BCUT2D eigenvalue weighted by atomic mass is 9.77. The predicted molar refractivity (Wildman–Crippen MR) is 82.0 cm³/mol. The molecular formula is C16H23N5. The third kappa shape index (κ3) is 3.13. The summed E-state index contributed by atoms with van der Waals surface area (Å²) < 4.78 is 1.85. The summed E-state index contributed by atoms with van der Waals surface area (Å²) >= 11 is 0. The van der Waals surface area contributed by atoms with Crippen molar-refractivity contribution in [2.45, 2.75) is 44.9 Å². The second-order valence-electron chi connectivity index (χ2n) is 6.14. The number of aromatic nitrogens is 4. The van der Waals surface area contributed by atoms with Crippen LogP contribution < -0.4 is 5.73 Å². The van der Waals surface area contributed by atoms with Crippen LogP contribution in [0.5, 0.6) is 0 Å². The maximum absolute atomic E-state index is 6.14. The van der Waals surface area contributed by atoms with Crippen LogP contribution in [0.1, 0.15) is 44.3 Å². The molecule has 1 aliphatic carbocycles. The Labute approximate surface area is 125 Å². The van der Waals surface area contributed by atoms with E-state index >= 15 is 0 Å². The molecule has 1 heterocycles. The van der Waals surface area contributed by atoms with Gasteiger partial charge in [-0.25, -0.2) is 0 Å². The van der Waals surface area contributed by atoms with Crippen molar-refractivity contribution in [3.05, 3.63) is 36.2 Å². The number of hydrogen-bond donors (Lipinski definition) is 1. The first kappa shape index (κ1) is 14.2. The molecule has 5 heteroatoms. The summed E-state index contributed by atoms with van der Waals surface area (Å²) in [6.45, 7) is 0.717. The Kier molecular flexibility index (Phi) is 4.29. The van der Waals surface area contributed by atoms with Crippen LogP contribution in [0.3, 0.4) is 0 Å². The molecular weight excluding hydrogens is 262 g/mol. The van der Waals surface area contributed by atoms with Gasteiger partial charge in [0.25, 0.3) is 0 Å². The van der Waals surface area contributed by atoms with Gasteiger partial charge in [-0.1, -0.05) is 43.9 Å². The molecule has 0 unspecified atom stereocenters. The van der Waals surface area contributed by atoms with Gasteiger partial charge in [0.15, 0.2) is 5.82 Å². The summed E-state index contributed by atoms with van der Waals surface area (Å²) in [7, 11) is 0. The highest BCUT2D eigenvalue weighted by molar-refractivity contribution is 5.30. The topological polar surface area (TPSA) is 69.6 Å². The Morgan fingerprint density at radius 2 is 1.76 bits per heavy atom. The van der Waals surface area contributed by atoms with Crippen LogP contribution in [0.4, 0.5) is 0 Å². The van der Waals surface area contributed by atoms with Crippen LogP contribution in [0, 0.1) is 5.41 Å². The molecule has 21 heavy (non-hydrogen) atoms. The lowest BCUT2D eigenvalue weighted by Gasteiger charge is -2.30. The van der Waals surface area contributed by atoms with Crippen LogP contribution in [-0.2, 0) is 6.42 Å². The first-order valence-corrected chi connectivity index (χ1v) is 7.86. The summed E-state index contributed by atoms with van der Waals surface area (Å²) in [6.07, 6.45) is 8.42. The Morgan fingerprint density at radius 1 is 1.05 bits per heavy atom. The van der Waals surface area contributed by atoms with Crippen molar-refractivity contribution in [3.63, 3.8) is 0 Å². The second-order valence-corrected chi connectivity index (χ2v) is 6.14. The number of rotatable bonds is 4. The van der Waals surface area contributed by atoms with Gasteiger partial charge in [-0.2, -0.15) is 4.68 Å². The summed E-state index contributed by atoms with van der Waals surface area (Å²) in [4.78, 5) is 0. The highest BCUT2D eigenvalue weighted by Crippen LogP contribution is 2.37. The van der Waals surface area contributed by atoms with Crippen molar-refractivity contribution in [1.29, 1.82) is 0 Å². The molecule has 1 aliphatic rings. The molecule has 5 nitrogen and oxygen atoms in total. The maximum atomic E-state index is 6.14. The Balaban J connectivity index is 1.86. The molecule has 112 valence electrons. The number of para-hydroxylation sites is 1. The number of hydrogen-bond acceptors (Lipinski definition) is 4. The van der Waals surface area contributed by atoms with Crippen molar-refractivity contribution in [3.8, 4) is 5.69 Å². The lowest BCUT2D eigenvalue weighted by molar-refractivity contribution is 0.245. The second kappa shape index (κ2) is 6.35. The minimum Gasteiger partial charge on any atom is -0.330 e. The van der Waals surface area contributed by atoms with Crippen LogP contribution in [0.15, 0.2) is 30.3 Å². The number of benzene rings is 1. The van der Waals surface area contributed by atoms with Crippen LogP contribution in [0.2, 0.25) is 0 Å². The largest absolute Gasteiger partial charge is 0.330 e. The molecule has 2 aromatic rings. The molecule has 1 saturated carbocycles. The molecule has 0 radical (unpaired) electrons. The first-order chi connectivity index (χ1) is 10.3. The van der Waals surface area contributed by atoms with Crippen molar-refractivity contribution in [1.82, 2.24) is 20.2 Å². The molecule has 3 rings (SSSR count). The molecule has 0 saturated heterocycles. The van der Waals surface area contributed by atoms with Crippen molar-refractivity contribution >= 4 is 0 Å². The monoisotopic (exact) mass is 285 g/mol. The van der Waals surface area contributed by atoms with E-state index in [1.807, 2.05) is 35.0 Å². The fraction of sp³-hybridized carbons (Fsp3) is 0.562. The van der Waals surface area contributed by atoms with Gasteiger partial charge < -0.3 is 5.73 Å². The fourth-order valence-electron chi connectivity index (χ4n) is 3.35. The zero-order chi connectivity index (χ0) is 14.5. The molecule has 0 spiro atoms. The number of nitrogens with zero attached hydrogens (tertiary/aromatic N) is 4. The Hall–Kier alpha value is -1.75. The number of nitrogens with two attached hydrogens (primary N) is 1. The van der Waals surface area contributed by atoms with Crippen molar-refractivity contribution in [2.75, 3.05) is 6.54 Å². The molecule has 0 atom stereocenters. The minimum atomic E-state index is 0.164. The molecule has 0 aliphatic heterocycles. The van der Waals surface area contributed by atoms with E-state index in [1.165, 1.54) is 38.5 Å². The first-order valence-electron chi connectivity index (χ1n) is 7.86. The van der Waals surface area contributed by atoms with Gasteiger partial charge >= 0.3 is 0 Å². The quantitative estimate of drug-likeness (QED) is 0.876. The lowest BCUT2D eigenvalue weighted by Crippen LogP contribution is -2.33. The third-order valence-corrected chi connectivity index (χ3v) is 4.67. The molecule has 1 aromatic heterocycles. The van der Waals surface area contributed by atoms with E-state index in [1.54, 1.807) is 0 Å². The summed E-state index contributed by atoms with van der Waals surface area (Å²) in [5.41, 5.74) is 7.31. The molecule has 0 amide bonds. The summed E-state index contributed by atoms with van der Waals surface area (Å²) in [6, 6.07) is 10.1. The average Bonchev–Trinajstić information content (AvgIpc) is 2.86. The van der Waals surface area contributed by atoms with E-state index in [2.05, 4.69) is 15.5 Å². The van der Waals surface area contributed by atoms with E-state index < -0.39 is 0 Å². The highest BCUT2D eigenvalue weighted by atomic mass is 15.5. The zero-order valence-corrected chi connectivity index (χ0v) is 12.4. The number of tetrazole rings is 1. The van der Waals surface area contributed by atoms with Crippen LogP contribution in [0.25, 0.3) is 5.69 Å². The molecule has 2 N–H and O–H groups in total. The fourth-order valence-corrected chi connectivity index (χ4v) is 3.35. The van der Waals surface area contributed by atoms with Gasteiger partial charge in [-0.3, -0.25) is 0 Å². The van der Waals surface area contributed by atoms with E-state index in [0.717, 1.165) is 17.9 Å². The van der Waals surface area contributed by atoms with E-state index in [-0.39, 0.29) is 5.41 Å². The van der Waals surface area contributed by atoms with Crippen LogP contribution >= 0.6 is 0 Å². The molecule has 1 aromatic carbocycles. The summed E-state index contributed by atoms with van der Waals surface area (Å²) in [5, 5.41) is 12.3. The van der Waals surface area contributed by atoms with Gasteiger partial charge in [0, 0.05) is 6.42 Å². The van der Waals surface area contributed by atoms with E-state index in [4.69, 9.17) is 5.73 Å². The van der Waals surface area contributed by atoms with Crippen molar-refractivity contribution < 1.29 is 0 Å². The van der Waals surface area contributed by atoms with Gasteiger partial charge in [0.2, 0.25) is 0 Å². The minimum absolute atomic E-state index is 0.164. The van der Waals surface area contributed by atoms with Gasteiger partial charge in [0.05, 0.1) is 5.69 Å². The SMILES string of the molecule is NCC1(Cc2nnnn2-c2ccccc2)CCCCCC1. The standard InChI is InChI=1S/C16H23N5/c17-13-16(10-6-1-2-7-11-16)12-15-18-19-20-21(15)14-8-4-3-5-9-14/h3-5,8-9H,1-2,6-7,10-13,17H2. The third-order valence-electron chi connectivity index (χ3n) is 4.67. The predicted octanol–water partition coefficient (Wildman–Crippen LogP) is 2.50. The summed E-state index contributed by atoms with van der Waals surface area (Å²) in [5.74, 6) is 0.925. The Morgan fingerprint density at radius 3 is 2.43 bits per heavy atom. The van der Waals surface area contributed by atoms with Gasteiger partial charge in [0.1, 0.15) is 0 Å². The van der Waals surface area contributed by atoms with Gasteiger partial charge in [-0.05, 0) is 47.4 Å². The maximum Gasteiger partial charge on any atom is 0.157 e. The van der Waals surface area contributed by atoms with Gasteiger partial charge in [-0.15, -0.1) is 5.10 Å². The Bertz CT molecular complexity index is 555. The highest BCUT2D eigenvalue weighted by Gasteiger charge is 2.32. The van der Waals surface area contributed by atoms with Crippen LogP contribution in [-0.4, -0.2) is 26.8 Å². The molecule has 0 bridgehead atoms. The average molecular weight is 285 g/mol. The smallest absolute Gasteiger partial charge is 0.157 e. The normalized spacial score (nSPS) is 18.3. The van der Waals surface area contributed by atoms with Crippen molar-refractivity contribution in [2.24, 2.45) is 11.1 Å². The van der Waals surface area contributed by atoms with E-state index in [0.29, 0.717) is 6.54 Å². The zero-order valence-electron chi connectivity index (χ0n) is 12.4. The molecule has 1 fully saturated rings. The van der Waals surface area contributed by atoms with E-state index in [9.17, 15) is 0 Å².